The topological polar surface area (TPSA) is 38.1 Å². The summed E-state index contributed by atoms with van der Waals surface area (Å²) in [4.78, 5) is 15.0. The fraction of sp³-hybridized carbons (Fsp3) is 0.714. The van der Waals surface area contributed by atoms with Crippen LogP contribution in [0.1, 0.15) is 42.9 Å². The molecule has 5 heteroatoms. The van der Waals surface area contributed by atoms with E-state index in [-0.39, 0.29) is 5.91 Å². The van der Waals surface area contributed by atoms with Crippen molar-refractivity contribution in [3.63, 3.8) is 0 Å². The van der Waals surface area contributed by atoms with Gasteiger partial charge in [0.25, 0.3) is 5.91 Å². The molecule has 2 heterocycles. The van der Waals surface area contributed by atoms with Gasteiger partial charge in [-0.3, -0.25) is 9.48 Å². The zero-order valence-corrected chi connectivity index (χ0v) is 13.5. The average Bonchev–Trinajstić information content (AvgIpc) is 2.79. The van der Waals surface area contributed by atoms with E-state index in [9.17, 15) is 4.79 Å². The third-order valence-electron chi connectivity index (χ3n) is 3.99. The molecule has 19 heavy (non-hydrogen) atoms. The first-order valence-corrected chi connectivity index (χ1v) is 7.90. The SMILES string of the molecule is CCc1cc(C(=O)N2CCC(C(C)Br)CC2)n(C)n1. The molecule has 0 spiro atoms. The van der Waals surface area contributed by atoms with Crippen molar-refractivity contribution in [1.29, 1.82) is 0 Å². The first-order chi connectivity index (χ1) is 9.02. The largest absolute Gasteiger partial charge is 0.337 e. The van der Waals surface area contributed by atoms with Crippen LogP contribution in [-0.2, 0) is 13.5 Å². The third kappa shape index (κ3) is 3.19. The van der Waals surface area contributed by atoms with Gasteiger partial charge in [0, 0.05) is 25.0 Å². The highest BCUT2D eigenvalue weighted by atomic mass is 79.9. The number of carbonyl (C=O) groups is 1. The van der Waals surface area contributed by atoms with E-state index in [4.69, 9.17) is 0 Å². The Kier molecular flexibility index (Phi) is 4.66. The lowest BCUT2D eigenvalue weighted by molar-refractivity contribution is 0.0680. The van der Waals surface area contributed by atoms with E-state index in [2.05, 4.69) is 34.9 Å². The van der Waals surface area contributed by atoms with E-state index in [1.54, 1.807) is 4.68 Å². The summed E-state index contributed by atoms with van der Waals surface area (Å²) >= 11 is 3.64. The lowest BCUT2D eigenvalue weighted by Crippen LogP contribution is -2.40. The van der Waals surface area contributed by atoms with Crippen molar-refractivity contribution in [3.8, 4) is 0 Å². The first-order valence-electron chi connectivity index (χ1n) is 6.99. The molecule has 1 atom stereocenters. The molecule has 0 aliphatic carbocycles. The van der Waals surface area contributed by atoms with Crippen LogP contribution in [0.5, 0.6) is 0 Å². The van der Waals surface area contributed by atoms with Gasteiger partial charge in [-0.25, -0.2) is 0 Å². The molecular weight excluding hydrogens is 306 g/mol. The van der Waals surface area contributed by atoms with Gasteiger partial charge in [-0.1, -0.05) is 29.8 Å². The quantitative estimate of drug-likeness (QED) is 0.800. The Hall–Kier alpha value is -0.840. The van der Waals surface area contributed by atoms with E-state index in [1.165, 1.54) is 0 Å². The van der Waals surface area contributed by atoms with Crippen LogP contribution >= 0.6 is 15.9 Å². The molecule has 106 valence electrons. The molecule has 1 aliphatic rings. The van der Waals surface area contributed by atoms with Crippen LogP contribution in [0.3, 0.4) is 0 Å². The maximum atomic E-state index is 12.5. The van der Waals surface area contributed by atoms with Crippen LogP contribution in [0.4, 0.5) is 0 Å². The minimum Gasteiger partial charge on any atom is -0.337 e. The number of hydrogen-bond donors (Lipinski definition) is 0. The van der Waals surface area contributed by atoms with Gasteiger partial charge in [-0.2, -0.15) is 5.10 Å². The fourth-order valence-corrected chi connectivity index (χ4v) is 3.15. The molecule has 0 bridgehead atoms. The van der Waals surface area contributed by atoms with Crippen LogP contribution in [0, 0.1) is 5.92 Å². The van der Waals surface area contributed by atoms with Crippen molar-refractivity contribution < 1.29 is 4.79 Å². The van der Waals surface area contributed by atoms with Gasteiger partial charge in [-0.15, -0.1) is 0 Å². The predicted molar refractivity (Wildman–Crippen MR) is 79.6 cm³/mol. The van der Waals surface area contributed by atoms with E-state index in [0.29, 0.717) is 16.4 Å². The summed E-state index contributed by atoms with van der Waals surface area (Å²) in [6.07, 6.45) is 3.03. The van der Waals surface area contributed by atoms with Crippen LogP contribution in [0.2, 0.25) is 0 Å². The summed E-state index contributed by atoms with van der Waals surface area (Å²) < 4.78 is 1.71. The summed E-state index contributed by atoms with van der Waals surface area (Å²) in [5.74, 6) is 0.803. The summed E-state index contributed by atoms with van der Waals surface area (Å²) in [7, 11) is 1.85. The average molecular weight is 328 g/mol. The number of likely N-dealkylation sites (tertiary alicyclic amines) is 1. The van der Waals surface area contributed by atoms with Gasteiger partial charge in [0.2, 0.25) is 0 Å². The molecule has 4 nitrogen and oxygen atoms in total. The van der Waals surface area contributed by atoms with Gasteiger partial charge in [0.15, 0.2) is 0 Å². The zero-order chi connectivity index (χ0) is 14.0. The molecule has 1 aromatic rings. The minimum atomic E-state index is 0.121. The number of hydrogen-bond acceptors (Lipinski definition) is 2. The van der Waals surface area contributed by atoms with Crippen molar-refractivity contribution in [2.75, 3.05) is 13.1 Å². The molecule has 1 amide bonds. The van der Waals surface area contributed by atoms with Crippen LogP contribution in [-0.4, -0.2) is 38.5 Å². The number of halogens is 1. The molecule has 1 aromatic heterocycles. The van der Waals surface area contributed by atoms with E-state index in [0.717, 1.165) is 38.0 Å². The Bertz CT molecular complexity index is 448. The third-order valence-corrected chi connectivity index (χ3v) is 4.74. The predicted octanol–water partition coefficient (Wildman–Crippen LogP) is 2.62. The highest BCUT2D eigenvalue weighted by Crippen LogP contribution is 2.25. The standard InChI is InChI=1S/C14H22BrN3O/c1-4-12-9-13(17(3)16-12)14(19)18-7-5-11(6-8-18)10(2)15/h9-11H,4-8H2,1-3H3. The Labute approximate surface area is 123 Å². The fourth-order valence-electron chi connectivity index (χ4n) is 2.62. The van der Waals surface area contributed by atoms with Crippen LogP contribution in [0.25, 0.3) is 0 Å². The second-order valence-corrected chi connectivity index (χ2v) is 6.75. The number of carbonyl (C=O) groups excluding carboxylic acids is 1. The Morgan fingerprint density at radius 2 is 2.16 bits per heavy atom. The Morgan fingerprint density at radius 1 is 1.53 bits per heavy atom. The van der Waals surface area contributed by atoms with Gasteiger partial charge in [-0.05, 0) is 31.2 Å². The van der Waals surface area contributed by atoms with Crippen molar-refractivity contribution >= 4 is 21.8 Å². The number of amides is 1. The molecule has 2 rings (SSSR count). The smallest absolute Gasteiger partial charge is 0.272 e. The summed E-state index contributed by atoms with van der Waals surface area (Å²) in [6.45, 7) is 5.95. The van der Waals surface area contributed by atoms with E-state index in [1.807, 2.05) is 18.0 Å². The van der Waals surface area contributed by atoms with Crippen molar-refractivity contribution in [3.05, 3.63) is 17.5 Å². The Balaban J connectivity index is 2.03. The van der Waals surface area contributed by atoms with Crippen molar-refractivity contribution in [1.82, 2.24) is 14.7 Å². The minimum absolute atomic E-state index is 0.121. The van der Waals surface area contributed by atoms with Crippen molar-refractivity contribution in [2.24, 2.45) is 13.0 Å². The molecule has 0 aromatic carbocycles. The maximum Gasteiger partial charge on any atom is 0.272 e. The number of alkyl halides is 1. The summed E-state index contributed by atoms with van der Waals surface area (Å²) in [6, 6.07) is 1.92. The molecular formula is C14H22BrN3O. The molecule has 1 aliphatic heterocycles. The van der Waals surface area contributed by atoms with E-state index < -0.39 is 0 Å². The van der Waals surface area contributed by atoms with Crippen LogP contribution < -0.4 is 0 Å². The monoisotopic (exact) mass is 327 g/mol. The molecule has 1 saturated heterocycles. The van der Waals surface area contributed by atoms with Gasteiger partial charge < -0.3 is 4.90 Å². The zero-order valence-electron chi connectivity index (χ0n) is 11.9. The van der Waals surface area contributed by atoms with Gasteiger partial charge in [0.05, 0.1) is 5.69 Å². The second kappa shape index (κ2) is 6.07. The van der Waals surface area contributed by atoms with Gasteiger partial charge in [0.1, 0.15) is 5.69 Å². The molecule has 0 saturated carbocycles. The maximum absolute atomic E-state index is 12.5. The summed E-state index contributed by atoms with van der Waals surface area (Å²) in [5, 5.41) is 4.35. The van der Waals surface area contributed by atoms with Crippen LogP contribution in [0.15, 0.2) is 6.07 Å². The molecule has 1 fully saturated rings. The number of aromatic nitrogens is 2. The number of rotatable bonds is 3. The highest BCUT2D eigenvalue weighted by molar-refractivity contribution is 9.09. The normalized spacial score (nSPS) is 18.6. The summed E-state index contributed by atoms with van der Waals surface area (Å²) in [5.41, 5.74) is 1.69. The molecule has 0 radical (unpaired) electrons. The van der Waals surface area contributed by atoms with Crippen molar-refractivity contribution in [2.45, 2.75) is 37.9 Å². The second-order valence-electron chi connectivity index (χ2n) is 5.31. The number of piperidine rings is 1. The lowest BCUT2D eigenvalue weighted by atomic mass is 9.94. The number of nitrogens with zero attached hydrogens (tertiary/aromatic N) is 3. The first kappa shape index (κ1) is 14.6. The lowest BCUT2D eigenvalue weighted by Gasteiger charge is -2.33. The number of aryl methyl sites for hydroxylation is 2. The highest BCUT2D eigenvalue weighted by Gasteiger charge is 2.27. The molecule has 1 unspecified atom stereocenters. The van der Waals surface area contributed by atoms with Gasteiger partial charge >= 0.3 is 0 Å². The Morgan fingerprint density at radius 3 is 2.63 bits per heavy atom. The molecule has 0 N–H and O–H groups in total. The van der Waals surface area contributed by atoms with E-state index >= 15 is 0 Å².